The predicted molar refractivity (Wildman–Crippen MR) is 74.8 cm³/mol. The molecular formula is C14H9FN2O3S. The van der Waals surface area contributed by atoms with E-state index in [0.717, 1.165) is 0 Å². The molecule has 0 aliphatic heterocycles. The van der Waals surface area contributed by atoms with Gasteiger partial charge in [-0.05, 0) is 46.9 Å². The summed E-state index contributed by atoms with van der Waals surface area (Å²) in [6.45, 7) is 0. The molecule has 21 heavy (non-hydrogen) atoms. The summed E-state index contributed by atoms with van der Waals surface area (Å²) in [5.41, 5.74) is 1.43. The lowest BCUT2D eigenvalue weighted by Gasteiger charge is -1.96. The highest BCUT2D eigenvalue weighted by molar-refractivity contribution is 7.88. The molecule has 0 radical (unpaired) electrons. The van der Waals surface area contributed by atoms with E-state index < -0.39 is 10.8 Å². The Morgan fingerprint density at radius 2 is 2.00 bits per heavy atom. The summed E-state index contributed by atoms with van der Waals surface area (Å²) in [4.78, 5) is 0.807. The minimum Gasteiger partial charge on any atom is -0.359 e. The SMILES string of the molecule is O=S(/C=C\c1ccc2no[n+]([O-])c2c1)c1ccc(F)cc1. The van der Waals surface area contributed by atoms with Crippen LogP contribution in [0.25, 0.3) is 17.1 Å². The fraction of sp³-hybridized carbons (Fsp3) is 0. The highest BCUT2D eigenvalue weighted by Gasteiger charge is 2.08. The normalized spacial score (nSPS) is 13.0. The van der Waals surface area contributed by atoms with Gasteiger partial charge in [0.25, 0.3) is 0 Å². The molecule has 0 aliphatic rings. The monoisotopic (exact) mass is 304 g/mol. The van der Waals surface area contributed by atoms with Crippen LogP contribution in [0.1, 0.15) is 5.56 Å². The Hall–Kier alpha value is -2.54. The number of fused-ring (bicyclic) bond motifs is 1. The highest BCUT2D eigenvalue weighted by Crippen LogP contribution is 2.14. The van der Waals surface area contributed by atoms with E-state index in [0.29, 0.717) is 26.4 Å². The molecule has 2 aromatic carbocycles. The number of nitrogens with zero attached hydrogens (tertiary/aromatic N) is 2. The van der Waals surface area contributed by atoms with Crippen LogP contribution in [0.5, 0.6) is 0 Å². The molecule has 0 bridgehead atoms. The Balaban J connectivity index is 1.85. The van der Waals surface area contributed by atoms with Gasteiger partial charge >= 0.3 is 0 Å². The van der Waals surface area contributed by atoms with E-state index in [1.54, 1.807) is 24.3 Å². The number of halogens is 1. The lowest BCUT2D eigenvalue weighted by atomic mass is 10.2. The molecule has 0 saturated carbocycles. The molecule has 7 heteroatoms. The van der Waals surface area contributed by atoms with Crippen molar-refractivity contribution in [3.05, 3.63) is 64.5 Å². The quantitative estimate of drug-likeness (QED) is 0.697. The molecule has 106 valence electrons. The van der Waals surface area contributed by atoms with Crippen molar-refractivity contribution in [1.29, 1.82) is 0 Å². The lowest BCUT2D eigenvalue weighted by molar-refractivity contribution is -0.782. The van der Waals surface area contributed by atoms with Gasteiger partial charge in [-0.2, -0.15) is 0 Å². The first-order valence-electron chi connectivity index (χ1n) is 5.97. The van der Waals surface area contributed by atoms with E-state index in [2.05, 4.69) is 9.79 Å². The van der Waals surface area contributed by atoms with Gasteiger partial charge in [0.05, 0.1) is 10.8 Å². The van der Waals surface area contributed by atoms with Crippen molar-refractivity contribution in [2.75, 3.05) is 0 Å². The third kappa shape index (κ3) is 2.82. The Bertz CT molecular complexity index is 843. The van der Waals surface area contributed by atoms with Crippen LogP contribution in [-0.4, -0.2) is 9.37 Å². The van der Waals surface area contributed by atoms with Gasteiger partial charge in [0, 0.05) is 21.5 Å². The van der Waals surface area contributed by atoms with Crippen LogP contribution in [0.4, 0.5) is 4.39 Å². The standard InChI is InChI=1S/C14H9FN2O3S/c15-11-2-4-12(5-3-11)21(19)8-7-10-1-6-13-14(9-10)17(18)20-16-13/h1-9H/b8-7-. The van der Waals surface area contributed by atoms with E-state index in [1.165, 1.54) is 29.7 Å². The zero-order valence-corrected chi connectivity index (χ0v) is 11.4. The molecule has 1 atom stereocenters. The van der Waals surface area contributed by atoms with Gasteiger partial charge in [-0.1, -0.05) is 6.07 Å². The summed E-state index contributed by atoms with van der Waals surface area (Å²) in [6, 6.07) is 10.4. The number of aromatic nitrogens is 2. The first-order valence-corrected chi connectivity index (χ1v) is 7.18. The van der Waals surface area contributed by atoms with Crippen LogP contribution in [0.3, 0.4) is 0 Å². The lowest BCUT2D eigenvalue weighted by Crippen LogP contribution is -2.22. The maximum absolute atomic E-state index is 12.8. The summed E-state index contributed by atoms with van der Waals surface area (Å²) in [5.74, 6) is -0.377. The van der Waals surface area contributed by atoms with E-state index >= 15 is 0 Å². The largest absolute Gasteiger partial charge is 0.359 e. The Morgan fingerprint density at radius 3 is 2.76 bits per heavy atom. The maximum atomic E-state index is 12.8. The zero-order valence-electron chi connectivity index (χ0n) is 10.6. The molecule has 0 amide bonds. The molecule has 0 spiro atoms. The molecule has 1 unspecified atom stereocenters. The molecule has 0 aliphatic carbocycles. The second-order valence-corrected chi connectivity index (χ2v) is 5.57. The molecule has 1 aromatic heterocycles. The molecular weight excluding hydrogens is 295 g/mol. The van der Waals surface area contributed by atoms with Crippen LogP contribution in [0.2, 0.25) is 0 Å². The Morgan fingerprint density at radius 1 is 1.24 bits per heavy atom. The van der Waals surface area contributed by atoms with Crippen LogP contribution in [0, 0.1) is 11.0 Å². The number of hydrogen-bond acceptors (Lipinski definition) is 4. The number of rotatable bonds is 3. The second kappa shape index (κ2) is 5.45. The van der Waals surface area contributed by atoms with Crippen molar-refractivity contribution >= 4 is 27.9 Å². The van der Waals surface area contributed by atoms with Gasteiger partial charge in [-0.15, -0.1) is 0 Å². The summed E-state index contributed by atoms with van der Waals surface area (Å²) >= 11 is 0. The van der Waals surface area contributed by atoms with E-state index in [-0.39, 0.29) is 5.82 Å². The van der Waals surface area contributed by atoms with Crippen LogP contribution in [-0.2, 0) is 10.8 Å². The van der Waals surface area contributed by atoms with Gasteiger partial charge in [-0.25, -0.2) is 8.60 Å². The fourth-order valence-electron chi connectivity index (χ4n) is 1.78. The molecule has 3 aromatic rings. The topological polar surface area (TPSA) is 70.0 Å². The van der Waals surface area contributed by atoms with Gasteiger partial charge in [-0.3, -0.25) is 4.63 Å². The van der Waals surface area contributed by atoms with Gasteiger partial charge in [0.1, 0.15) is 5.82 Å². The Kier molecular flexibility index (Phi) is 3.49. The van der Waals surface area contributed by atoms with Gasteiger partial charge in [0.2, 0.25) is 11.0 Å². The number of benzene rings is 2. The van der Waals surface area contributed by atoms with E-state index in [9.17, 15) is 13.8 Å². The van der Waals surface area contributed by atoms with Gasteiger partial charge in [0.15, 0.2) is 0 Å². The van der Waals surface area contributed by atoms with Crippen molar-refractivity contribution < 1.29 is 18.1 Å². The first-order chi connectivity index (χ1) is 10.1. The third-order valence-electron chi connectivity index (χ3n) is 2.84. The van der Waals surface area contributed by atoms with Crippen molar-refractivity contribution in [2.45, 2.75) is 4.90 Å². The Labute approximate surface area is 121 Å². The number of hydrogen-bond donors (Lipinski definition) is 0. The molecule has 5 nitrogen and oxygen atoms in total. The maximum Gasteiger partial charge on any atom is 0.248 e. The van der Waals surface area contributed by atoms with Crippen LogP contribution >= 0.6 is 0 Å². The molecule has 0 fully saturated rings. The van der Waals surface area contributed by atoms with Crippen molar-refractivity contribution in [3.63, 3.8) is 0 Å². The van der Waals surface area contributed by atoms with E-state index in [1.807, 2.05) is 0 Å². The van der Waals surface area contributed by atoms with Crippen LogP contribution in [0.15, 0.2) is 57.4 Å². The van der Waals surface area contributed by atoms with Crippen molar-refractivity contribution in [3.8, 4) is 0 Å². The molecule has 0 saturated heterocycles. The molecule has 1 heterocycles. The predicted octanol–water partition coefficient (Wildman–Crippen LogP) is 2.38. The summed E-state index contributed by atoms with van der Waals surface area (Å²) in [7, 11) is -1.39. The highest BCUT2D eigenvalue weighted by atomic mass is 32.2. The smallest absolute Gasteiger partial charge is 0.248 e. The summed E-state index contributed by atoms with van der Waals surface area (Å²) in [5, 5.41) is 16.3. The minimum atomic E-state index is -1.39. The van der Waals surface area contributed by atoms with Crippen molar-refractivity contribution in [2.24, 2.45) is 0 Å². The van der Waals surface area contributed by atoms with E-state index in [4.69, 9.17) is 0 Å². The molecule has 0 N–H and O–H groups in total. The first kappa shape index (κ1) is 13.4. The summed E-state index contributed by atoms with van der Waals surface area (Å²) < 4.78 is 29.3. The van der Waals surface area contributed by atoms with Gasteiger partial charge < -0.3 is 5.21 Å². The van der Waals surface area contributed by atoms with Crippen molar-refractivity contribution in [1.82, 2.24) is 5.16 Å². The third-order valence-corrected chi connectivity index (χ3v) is 3.96. The summed E-state index contributed by atoms with van der Waals surface area (Å²) in [6.07, 6.45) is 1.62. The minimum absolute atomic E-state index is 0.296. The average Bonchev–Trinajstić information content (AvgIpc) is 2.87. The fourth-order valence-corrected chi connectivity index (χ4v) is 2.62. The average molecular weight is 304 g/mol. The van der Waals surface area contributed by atoms with Crippen LogP contribution < -0.4 is 4.90 Å². The second-order valence-electron chi connectivity index (χ2n) is 4.23. The molecule has 3 rings (SSSR count). The zero-order chi connectivity index (χ0) is 14.8.